The van der Waals surface area contributed by atoms with E-state index in [4.69, 9.17) is 0 Å². The van der Waals surface area contributed by atoms with Crippen LogP contribution in [0.4, 0.5) is 24.5 Å². The zero-order chi connectivity index (χ0) is 22.3. The Morgan fingerprint density at radius 2 is 1.68 bits per heavy atom. The minimum atomic E-state index is -4.68. The third kappa shape index (κ3) is 4.49. The zero-order valence-corrected chi connectivity index (χ0v) is 16.7. The maximum Gasteiger partial charge on any atom is 0.453 e. The van der Waals surface area contributed by atoms with Gasteiger partial charge in [0.2, 0.25) is 11.8 Å². The molecule has 3 aromatic rings. The Morgan fingerprint density at radius 3 is 2.26 bits per heavy atom. The molecule has 0 unspecified atom stereocenters. The molecular weight excluding hydrogens is 413 g/mol. The van der Waals surface area contributed by atoms with E-state index in [0.29, 0.717) is 28.3 Å². The van der Waals surface area contributed by atoms with Crippen LogP contribution in [0, 0.1) is 19.8 Å². The number of aryl methyl sites for hydroxylation is 2. The molecule has 11 heteroatoms. The van der Waals surface area contributed by atoms with E-state index >= 15 is 0 Å². The van der Waals surface area contributed by atoms with Crippen LogP contribution in [-0.4, -0.2) is 31.4 Å². The first-order chi connectivity index (χ1) is 14.6. The average molecular weight is 432 g/mol. The fourth-order valence-corrected chi connectivity index (χ4v) is 3.18. The number of nitrogens with one attached hydrogen (secondary N) is 2. The highest BCUT2D eigenvalue weighted by atomic mass is 19.4. The summed E-state index contributed by atoms with van der Waals surface area (Å²) in [5, 5.41) is 9.02. The van der Waals surface area contributed by atoms with Crippen LogP contribution in [0.1, 0.15) is 35.6 Å². The molecule has 2 amide bonds. The van der Waals surface area contributed by atoms with Crippen molar-refractivity contribution in [3.63, 3.8) is 0 Å². The Kier molecular flexibility index (Phi) is 5.11. The molecule has 2 heterocycles. The first-order valence-electron chi connectivity index (χ1n) is 9.62. The number of hydrogen-bond donors (Lipinski definition) is 2. The topological polar surface area (TPSA) is 101 Å². The fourth-order valence-electron chi connectivity index (χ4n) is 3.18. The molecule has 0 saturated heterocycles. The number of alkyl halides is 3. The molecule has 1 aliphatic carbocycles. The van der Waals surface area contributed by atoms with Gasteiger partial charge in [-0.25, -0.2) is 9.50 Å². The van der Waals surface area contributed by atoms with Crippen LogP contribution in [0.2, 0.25) is 0 Å². The predicted molar refractivity (Wildman–Crippen MR) is 105 cm³/mol. The van der Waals surface area contributed by atoms with Crippen molar-refractivity contribution in [3.05, 3.63) is 47.0 Å². The number of carbonyl (C=O) groups excluding carboxylic acids is 2. The van der Waals surface area contributed by atoms with Gasteiger partial charge in [0.15, 0.2) is 0 Å². The molecule has 2 N–H and O–H groups in total. The van der Waals surface area contributed by atoms with Gasteiger partial charge in [0, 0.05) is 34.2 Å². The summed E-state index contributed by atoms with van der Waals surface area (Å²) in [5.74, 6) is -1.73. The van der Waals surface area contributed by atoms with Gasteiger partial charge in [-0.05, 0) is 51.0 Å². The van der Waals surface area contributed by atoms with Gasteiger partial charge in [0.05, 0.1) is 6.42 Å². The molecule has 1 aliphatic rings. The van der Waals surface area contributed by atoms with Crippen LogP contribution in [-0.2, 0) is 22.2 Å². The third-order valence-electron chi connectivity index (χ3n) is 5.02. The Morgan fingerprint density at radius 1 is 1.06 bits per heavy atom. The van der Waals surface area contributed by atoms with Gasteiger partial charge in [-0.2, -0.15) is 18.2 Å². The molecule has 0 bridgehead atoms. The first kappa shape index (κ1) is 20.8. The molecule has 31 heavy (non-hydrogen) atoms. The molecule has 1 fully saturated rings. The Balaban J connectivity index is 1.47. The lowest BCUT2D eigenvalue weighted by Crippen LogP contribution is -2.18. The number of amides is 2. The maximum atomic E-state index is 12.9. The second-order valence-electron chi connectivity index (χ2n) is 7.47. The first-order valence-corrected chi connectivity index (χ1v) is 9.62. The maximum absolute atomic E-state index is 12.9. The largest absolute Gasteiger partial charge is 0.453 e. The van der Waals surface area contributed by atoms with Crippen LogP contribution in [0.25, 0.3) is 5.78 Å². The standard InChI is InChI=1S/C20H19F3N6O2/c1-10-15(11(2)29-19(24-10)27-18(28-29)20(21,22)23)9-16(30)25-13-5-7-14(8-6-13)26-17(31)12-3-4-12/h5-8,12H,3-4,9H2,1-2H3,(H,25,30)(H,26,31). The van der Waals surface area contributed by atoms with Crippen molar-refractivity contribution in [1.29, 1.82) is 0 Å². The van der Waals surface area contributed by atoms with Gasteiger partial charge in [-0.3, -0.25) is 9.59 Å². The number of rotatable bonds is 5. The van der Waals surface area contributed by atoms with Crippen LogP contribution in [0.3, 0.4) is 0 Å². The van der Waals surface area contributed by atoms with Crippen molar-refractivity contribution < 1.29 is 22.8 Å². The van der Waals surface area contributed by atoms with Gasteiger partial charge < -0.3 is 10.6 Å². The molecule has 162 valence electrons. The quantitative estimate of drug-likeness (QED) is 0.644. The minimum Gasteiger partial charge on any atom is -0.326 e. The molecule has 0 aliphatic heterocycles. The van der Waals surface area contributed by atoms with Crippen molar-refractivity contribution in [2.75, 3.05) is 10.6 Å². The van der Waals surface area contributed by atoms with E-state index in [-0.39, 0.29) is 29.9 Å². The van der Waals surface area contributed by atoms with E-state index < -0.39 is 12.0 Å². The molecular formula is C20H19F3N6O2. The highest BCUT2D eigenvalue weighted by Gasteiger charge is 2.37. The molecule has 0 atom stereocenters. The fraction of sp³-hybridized carbons (Fsp3) is 0.350. The van der Waals surface area contributed by atoms with Gasteiger partial charge in [0.1, 0.15) is 0 Å². The van der Waals surface area contributed by atoms with Gasteiger partial charge in [0.25, 0.3) is 11.6 Å². The Hall–Kier alpha value is -3.50. The molecule has 8 nitrogen and oxygen atoms in total. The predicted octanol–water partition coefficient (Wildman–Crippen LogP) is 3.29. The number of halogens is 3. The van der Waals surface area contributed by atoms with Crippen molar-refractivity contribution in [2.24, 2.45) is 5.92 Å². The summed E-state index contributed by atoms with van der Waals surface area (Å²) >= 11 is 0. The monoisotopic (exact) mass is 432 g/mol. The van der Waals surface area contributed by atoms with Gasteiger partial charge in [-0.15, -0.1) is 5.10 Å². The summed E-state index contributed by atoms with van der Waals surface area (Å²) in [7, 11) is 0. The lowest BCUT2D eigenvalue weighted by Gasteiger charge is -2.11. The Bertz CT molecular complexity index is 1170. The van der Waals surface area contributed by atoms with E-state index in [0.717, 1.165) is 17.4 Å². The molecule has 0 spiro atoms. The smallest absolute Gasteiger partial charge is 0.326 e. The highest BCUT2D eigenvalue weighted by molar-refractivity contribution is 5.95. The zero-order valence-electron chi connectivity index (χ0n) is 16.7. The number of nitrogens with zero attached hydrogens (tertiary/aromatic N) is 4. The summed E-state index contributed by atoms with van der Waals surface area (Å²) < 4.78 is 39.7. The Labute approximate surface area is 174 Å². The summed E-state index contributed by atoms with van der Waals surface area (Å²) in [6.45, 7) is 3.17. The van der Waals surface area contributed by atoms with Gasteiger partial charge in [-0.1, -0.05) is 0 Å². The normalized spacial score (nSPS) is 14.0. The number of hydrogen-bond acceptors (Lipinski definition) is 5. The highest BCUT2D eigenvalue weighted by Crippen LogP contribution is 2.30. The lowest BCUT2D eigenvalue weighted by molar-refractivity contribution is -0.144. The van der Waals surface area contributed by atoms with Crippen LogP contribution in [0.15, 0.2) is 24.3 Å². The van der Waals surface area contributed by atoms with Crippen LogP contribution < -0.4 is 10.6 Å². The number of anilines is 2. The molecule has 1 aromatic carbocycles. The lowest BCUT2D eigenvalue weighted by atomic mass is 10.1. The van der Waals surface area contributed by atoms with Crippen LogP contribution >= 0.6 is 0 Å². The number of benzene rings is 1. The number of fused-ring (bicyclic) bond motifs is 1. The van der Waals surface area contributed by atoms with E-state index in [9.17, 15) is 22.8 Å². The summed E-state index contributed by atoms with van der Waals surface area (Å²) in [5.41, 5.74) is 2.40. The third-order valence-corrected chi connectivity index (χ3v) is 5.02. The summed E-state index contributed by atoms with van der Waals surface area (Å²) in [4.78, 5) is 31.8. The van der Waals surface area contributed by atoms with Crippen molar-refractivity contribution in [2.45, 2.75) is 39.3 Å². The number of aromatic nitrogens is 4. The van der Waals surface area contributed by atoms with E-state index in [1.165, 1.54) is 0 Å². The second-order valence-corrected chi connectivity index (χ2v) is 7.47. The van der Waals surface area contributed by atoms with Crippen molar-refractivity contribution in [3.8, 4) is 0 Å². The molecule has 1 saturated carbocycles. The summed E-state index contributed by atoms with van der Waals surface area (Å²) in [6.07, 6.45) is -2.96. The second kappa shape index (κ2) is 7.64. The van der Waals surface area contributed by atoms with E-state index in [1.807, 2.05) is 0 Å². The van der Waals surface area contributed by atoms with Crippen molar-refractivity contribution >= 4 is 29.0 Å². The van der Waals surface area contributed by atoms with Crippen molar-refractivity contribution in [1.82, 2.24) is 19.6 Å². The van der Waals surface area contributed by atoms with E-state index in [2.05, 4.69) is 25.7 Å². The van der Waals surface area contributed by atoms with Crippen LogP contribution in [0.5, 0.6) is 0 Å². The molecule has 2 aromatic heterocycles. The average Bonchev–Trinajstić information content (AvgIpc) is 3.45. The van der Waals surface area contributed by atoms with E-state index in [1.54, 1.807) is 38.1 Å². The molecule has 0 radical (unpaired) electrons. The minimum absolute atomic E-state index is 0.00702. The number of carbonyl (C=O) groups is 2. The summed E-state index contributed by atoms with van der Waals surface area (Å²) in [6, 6.07) is 6.70. The van der Waals surface area contributed by atoms with Gasteiger partial charge >= 0.3 is 6.18 Å². The molecule has 4 rings (SSSR count). The SMILES string of the molecule is Cc1nc2nc(C(F)(F)F)nn2c(C)c1CC(=O)Nc1ccc(NC(=O)C2CC2)cc1.